The molecule has 3 nitrogen and oxygen atoms in total. The van der Waals surface area contributed by atoms with Crippen molar-refractivity contribution >= 4 is 22.5 Å². The van der Waals surface area contributed by atoms with Gasteiger partial charge in [0.15, 0.2) is 0 Å². The number of pyridine rings is 1. The molecule has 1 N–H and O–H groups in total. The number of hydrogen-bond donors (Lipinski definition) is 1. The van der Waals surface area contributed by atoms with Crippen molar-refractivity contribution in [3.05, 3.63) is 60.3 Å². The summed E-state index contributed by atoms with van der Waals surface area (Å²) in [6.45, 7) is -0.0325. The molecule has 3 rings (SSSR count). The van der Waals surface area contributed by atoms with Crippen LogP contribution in [0.15, 0.2) is 59.6 Å². The fraction of sp³-hybridized carbons (Fsp3) is 0.118. The lowest BCUT2D eigenvalue weighted by Crippen LogP contribution is -1.94. The Morgan fingerprint density at radius 1 is 1.05 bits per heavy atom. The van der Waals surface area contributed by atoms with Crippen LogP contribution in [0.4, 0.5) is 0 Å². The predicted octanol–water partition coefficient (Wildman–Crippen LogP) is 4.24. The minimum atomic E-state index is -0.0325. The number of rotatable bonds is 4. The Balaban J connectivity index is 2.09. The van der Waals surface area contributed by atoms with Crippen LogP contribution in [0, 0.1) is 0 Å². The van der Waals surface area contributed by atoms with Gasteiger partial charge in [-0.15, -0.1) is 11.8 Å². The van der Waals surface area contributed by atoms with Crippen LogP contribution in [0.3, 0.4) is 0 Å². The van der Waals surface area contributed by atoms with E-state index in [0.717, 1.165) is 27.0 Å². The van der Waals surface area contributed by atoms with E-state index in [0.29, 0.717) is 5.88 Å². The molecule has 0 aliphatic heterocycles. The average Bonchev–Trinajstić information content (AvgIpc) is 2.55. The molecule has 0 saturated carbocycles. The number of aliphatic hydroxyl groups is 1. The second kappa shape index (κ2) is 6.16. The number of aromatic nitrogens is 1. The van der Waals surface area contributed by atoms with Gasteiger partial charge in [-0.3, -0.25) is 0 Å². The van der Waals surface area contributed by atoms with Crippen LogP contribution < -0.4 is 4.74 Å². The second-order valence-corrected chi connectivity index (χ2v) is 5.39. The topological polar surface area (TPSA) is 42.4 Å². The molecule has 0 unspecified atom stereocenters. The van der Waals surface area contributed by atoms with Crippen molar-refractivity contribution in [2.75, 3.05) is 6.26 Å². The van der Waals surface area contributed by atoms with Crippen molar-refractivity contribution in [2.45, 2.75) is 11.5 Å². The van der Waals surface area contributed by atoms with Crippen molar-refractivity contribution in [1.82, 2.24) is 4.98 Å². The zero-order valence-electron chi connectivity index (χ0n) is 11.6. The predicted molar refractivity (Wildman–Crippen MR) is 86.0 cm³/mol. The summed E-state index contributed by atoms with van der Waals surface area (Å²) in [6.07, 6.45) is 3.68. The van der Waals surface area contributed by atoms with E-state index >= 15 is 0 Å². The third-order valence-corrected chi connectivity index (χ3v) is 4.06. The Morgan fingerprint density at radius 3 is 2.52 bits per heavy atom. The number of ether oxygens (including phenoxy) is 1. The fourth-order valence-electron chi connectivity index (χ4n) is 2.24. The minimum Gasteiger partial charge on any atom is -0.437 e. The maximum absolute atomic E-state index is 9.41. The van der Waals surface area contributed by atoms with Gasteiger partial charge in [-0.2, -0.15) is 0 Å². The quantitative estimate of drug-likeness (QED) is 0.731. The summed E-state index contributed by atoms with van der Waals surface area (Å²) < 4.78 is 6.00. The highest BCUT2D eigenvalue weighted by atomic mass is 32.2. The monoisotopic (exact) mass is 297 g/mol. The molecule has 0 bridgehead atoms. The molecule has 0 radical (unpaired) electrons. The van der Waals surface area contributed by atoms with Crippen LogP contribution >= 0.6 is 11.8 Å². The summed E-state index contributed by atoms with van der Waals surface area (Å²) >= 11 is 1.63. The first kappa shape index (κ1) is 13.9. The second-order valence-electron chi connectivity index (χ2n) is 4.55. The summed E-state index contributed by atoms with van der Waals surface area (Å²) in [5.41, 5.74) is 0.802. The zero-order valence-corrected chi connectivity index (χ0v) is 12.4. The van der Waals surface area contributed by atoms with E-state index in [1.54, 1.807) is 18.0 Å². The molecule has 0 atom stereocenters. The highest BCUT2D eigenvalue weighted by Gasteiger charge is 2.10. The Morgan fingerprint density at radius 2 is 1.76 bits per heavy atom. The van der Waals surface area contributed by atoms with Gasteiger partial charge in [-0.25, -0.2) is 4.98 Å². The van der Waals surface area contributed by atoms with Gasteiger partial charge in [0.25, 0.3) is 0 Å². The van der Waals surface area contributed by atoms with Crippen molar-refractivity contribution in [1.29, 1.82) is 0 Å². The lowest BCUT2D eigenvalue weighted by molar-refractivity contribution is 0.282. The lowest BCUT2D eigenvalue weighted by Gasteiger charge is -2.12. The number of aliphatic hydroxyl groups excluding tert-OH is 1. The van der Waals surface area contributed by atoms with E-state index in [-0.39, 0.29) is 6.61 Å². The molecule has 3 aromatic rings. The zero-order chi connectivity index (χ0) is 14.7. The number of fused-ring (bicyclic) bond motifs is 1. The highest BCUT2D eigenvalue weighted by molar-refractivity contribution is 7.98. The fourth-order valence-corrected chi connectivity index (χ4v) is 2.77. The van der Waals surface area contributed by atoms with Gasteiger partial charge in [-0.05, 0) is 29.8 Å². The number of para-hydroxylation sites is 1. The Kier molecular flexibility index (Phi) is 4.08. The highest BCUT2D eigenvalue weighted by Crippen LogP contribution is 2.34. The Bertz CT molecular complexity index is 774. The van der Waals surface area contributed by atoms with Crippen LogP contribution in [0.2, 0.25) is 0 Å². The molecule has 1 heterocycles. The third-order valence-electron chi connectivity index (χ3n) is 3.29. The molecular formula is C17H15NO2S. The molecule has 0 aliphatic rings. The van der Waals surface area contributed by atoms with Gasteiger partial charge in [0, 0.05) is 22.0 Å². The van der Waals surface area contributed by atoms with Crippen LogP contribution in [0.5, 0.6) is 11.6 Å². The lowest BCUT2D eigenvalue weighted by atomic mass is 10.1. The Hall–Kier alpha value is -2.04. The van der Waals surface area contributed by atoms with Crippen molar-refractivity contribution in [2.24, 2.45) is 0 Å². The Labute approximate surface area is 127 Å². The molecule has 0 amide bonds. The molecule has 0 saturated heterocycles. The van der Waals surface area contributed by atoms with Crippen molar-refractivity contribution in [3.63, 3.8) is 0 Å². The van der Waals surface area contributed by atoms with Gasteiger partial charge in [0.2, 0.25) is 5.88 Å². The molecule has 2 aromatic carbocycles. The first-order valence-corrected chi connectivity index (χ1v) is 7.84. The van der Waals surface area contributed by atoms with Crippen LogP contribution in [0.25, 0.3) is 10.8 Å². The van der Waals surface area contributed by atoms with Crippen LogP contribution in [-0.2, 0) is 6.61 Å². The van der Waals surface area contributed by atoms with E-state index in [9.17, 15) is 5.11 Å². The first-order valence-electron chi connectivity index (χ1n) is 6.62. The third kappa shape index (κ3) is 2.73. The van der Waals surface area contributed by atoms with Gasteiger partial charge >= 0.3 is 0 Å². The van der Waals surface area contributed by atoms with E-state index < -0.39 is 0 Å². The molecule has 1 aromatic heterocycles. The van der Waals surface area contributed by atoms with Gasteiger partial charge < -0.3 is 9.84 Å². The van der Waals surface area contributed by atoms with E-state index in [1.807, 2.05) is 54.8 Å². The molecule has 0 fully saturated rings. The largest absolute Gasteiger partial charge is 0.437 e. The molecule has 0 aliphatic carbocycles. The van der Waals surface area contributed by atoms with E-state index in [4.69, 9.17) is 4.74 Å². The number of thioether (sulfide) groups is 1. The summed E-state index contributed by atoms with van der Waals surface area (Å²) in [5, 5.41) is 11.3. The standard InChI is InChI=1S/C17H15NO2S/c1-21-16-9-5-4-8-15(16)20-17-14-7-3-2-6-13(14)12(11-19)10-18-17/h2-10,19H,11H2,1H3. The maximum atomic E-state index is 9.41. The first-order chi connectivity index (χ1) is 10.3. The van der Waals surface area contributed by atoms with Crippen molar-refractivity contribution in [3.8, 4) is 11.6 Å². The summed E-state index contributed by atoms with van der Waals surface area (Å²) in [6, 6.07) is 15.7. The SMILES string of the molecule is CSc1ccccc1Oc1ncc(CO)c2ccccc12. The smallest absolute Gasteiger partial charge is 0.227 e. The summed E-state index contributed by atoms with van der Waals surface area (Å²) in [5.74, 6) is 1.35. The minimum absolute atomic E-state index is 0.0325. The number of nitrogens with zero attached hydrogens (tertiary/aromatic N) is 1. The van der Waals surface area contributed by atoms with E-state index in [1.165, 1.54) is 0 Å². The van der Waals surface area contributed by atoms with Gasteiger partial charge in [0.1, 0.15) is 5.75 Å². The van der Waals surface area contributed by atoms with Crippen molar-refractivity contribution < 1.29 is 9.84 Å². The molecule has 21 heavy (non-hydrogen) atoms. The molecule has 106 valence electrons. The van der Waals surface area contributed by atoms with Gasteiger partial charge in [0.05, 0.1) is 6.61 Å². The number of benzene rings is 2. The normalized spacial score (nSPS) is 10.8. The molecular weight excluding hydrogens is 282 g/mol. The van der Waals surface area contributed by atoms with Crippen LogP contribution in [-0.4, -0.2) is 16.3 Å². The summed E-state index contributed by atoms with van der Waals surface area (Å²) in [4.78, 5) is 5.42. The summed E-state index contributed by atoms with van der Waals surface area (Å²) in [7, 11) is 0. The number of hydrogen-bond acceptors (Lipinski definition) is 4. The average molecular weight is 297 g/mol. The van der Waals surface area contributed by atoms with Gasteiger partial charge in [-0.1, -0.05) is 30.3 Å². The van der Waals surface area contributed by atoms with E-state index in [2.05, 4.69) is 4.98 Å². The van der Waals surface area contributed by atoms with Crippen LogP contribution in [0.1, 0.15) is 5.56 Å². The molecule has 0 spiro atoms. The molecule has 4 heteroatoms. The maximum Gasteiger partial charge on any atom is 0.227 e.